The van der Waals surface area contributed by atoms with Crippen molar-refractivity contribution in [1.82, 2.24) is 0 Å². The second-order valence-corrected chi connectivity index (χ2v) is 12.9. The van der Waals surface area contributed by atoms with E-state index in [4.69, 9.17) is 12.3 Å². The average Bonchev–Trinajstić information content (AvgIpc) is 3.06. The maximum atomic E-state index is 10.3. The first-order chi connectivity index (χ1) is 14.5. The van der Waals surface area contributed by atoms with Gasteiger partial charge in [-0.3, -0.25) is 0 Å². The molecule has 0 amide bonds. The van der Waals surface area contributed by atoms with Gasteiger partial charge in [0.25, 0.3) is 0 Å². The van der Waals surface area contributed by atoms with Crippen molar-refractivity contribution in [2.24, 2.45) is 58.0 Å². The molecule has 4 saturated carbocycles. The third-order valence-corrected chi connectivity index (χ3v) is 11.3. The van der Waals surface area contributed by atoms with E-state index < -0.39 is 0 Å². The van der Waals surface area contributed by atoms with Crippen LogP contribution in [-0.4, -0.2) is 5.54 Å². The second kappa shape index (κ2) is 7.76. The smallest absolute Gasteiger partial charge is 0.0659 e. The van der Waals surface area contributed by atoms with Crippen molar-refractivity contribution >= 4 is 0 Å². The lowest BCUT2D eigenvalue weighted by molar-refractivity contribution is -0.132. The Hall–Kier alpha value is -1.07. The van der Waals surface area contributed by atoms with Crippen LogP contribution in [0, 0.1) is 63.6 Å². The van der Waals surface area contributed by atoms with E-state index in [0.717, 1.165) is 25.2 Å². The molecule has 0 aliphatic heterocycles. The van der Waals surface area contributed by atoms with Crippen LogP contribution in [0.5, 0.6) is 0 Å². The molecule has 2 N–H and O–H groups in total. The third-order valence-electron chi connectivity index (χ3n) is 11.3. The Morgan fingerprint density at radius 3 is 2.61 bits per heavy atom. The molecule has 4 rings (SSSR count). The van der Waals surface area contributed by atoms with Crippen LogP contribution in [0.3, 0.4) is 0 Å². The molecule has 4 aliphatic rings. The maximum Gasteiger partial charge on any atom is 0.0659 e. The van der Waals surface area contributed by atoms with Crippen molar-refractivity contribution in [1.29, 1.82) is 5.26 Å². The zero-order valence-corrected chi connectivity index (χ0v) is 20.8. The van der Waals surface area contributed by atoms with Gasteiger partial charge in [0.1, 0.15) is 0 Å². The molecule has 2 heteroatoms. The van der Waals surface area contributed by atoms with Crippen LogP contribution in [0.15, 0.2) is 24.3 Å². The number of nitrogens with two attached hydrogens (primary N) is 1. The lowest BCUT2D eigenvalue weighted by Crippen LogP contribution is -2.72. The lowest BCUT2D eigenvalue weighted by Gasteiger charge is -2.68. The molecule has 4 aliphatic carbocycles. The molecule has 0 aromatic rings. The highest BCUT2D eigenvalue weighted by molar-refractivity contribution is 5.32. The first kappa shape index (κ1) is 23.1. The molecule has 0 spiro atoms. The van der Waals surface area contributed by atoms with Gasteiger partial charge in [0, 0.05) is 5.54 Å². The number of fused-ring (bicyclic) bond motifs is 5. The van der Waals surface area contributed by atoms with Crippen molar-refractivity contribution in [3.63, 3.8) is 0 Å². The van der Waals surface area contributed by atoms with E-state index >= 15 is 0 Å². The number of nitriles is 1. The predicted molar refractivity (Wildman–Crippen MR) is 130 cm³/mol. The third kappa shape index (κ3) is 3.20. The molecule has 0 radical (unpaired) electrons. The molecule has 0 saturated heterocycles. The van der Waals surface area contributed by atoms with Gasteiger partial charge in [-0.25, -0.2) is 0 Å². The molecular formula is C29H46N2. The molecule has 0 aromatic carbocycles. The monoisotopic (exact) mass is 422 g/mol. The minimum absolute atomic E-state index is 0.107. The van der Waals surface area contributed by atoms with Gasteiger partial charge in [-0.05, 0) is 105 Å². The number of hydrogen-bond acceptors (Lipinski definition) is 2. The second-order valence-electron chi connectivity index (χ2n) is 12.9. The fourth-order valence-electron chi connectivity index (χ4n) is 9.27. The normalized spacial score (nSPS) is 50.0. The van der Waals surface area contributed by atoms with Crippen LogP contribution < -0.4 is 5.73 Å². The van der Waals surface area contributed by atoms with Crippen LogP contribution in [0.25, 0.3) is 0 Å². The summed E-state index contributed by atoms with van der Waals surface area (Å²) in [4.78, 5) is 0. The molecule has 0 aromatic heterocycles. The molecule has 0 heterocycles. The first-order valence-corrected chi connectivity index (χ1v) is 13.0. The summed E-state index contributed by atoms with van der Waals surface area (Å²) in [6.45, 7) is 20.9. The maximum absolute atomic E-state index is 10.3. The molecule has 1 unspecified atom stereocenters. The van der Waals surface area contributed by atoms with Crippen molar-refractivity contribution in [2.45, 2.75) is 97.9 Å². The van der Waals surface area contributed by atoms with Gasteiger partial charge in [0.15, 0.2) is 0 Å². The zero-order valence-electron chi connectivity index (χ0n) is 20.8. The molecule has 31 heavy (non-hydrogen) atoms. The Morgan fingerprint density at radius 1 is 1.26 bits per heavy atom. The number of allylic oxidation sites excluding steroid dienone is 1. The minimum Gasteiger partial charge on any atom is -0.324 e. The molecule has 4 fully saturated rings. The summed E-state index contributed by atoms with van der Waals surface area (Å²) >= 11 is 0. The first-order valence-electron chi connectivity index (χ1n) is 13.0. The Kier molecular flexibility index (Phi) is 5.78. The summed E-state index contributed by atoms with van der Waals surface area (Å²) in [6, 6.07) is 2.80. The van der Waals surface area contributed by atoms with E-state index in [-0.39, 0.29) is 22.3 Å². The average molecular weight is 423 g/mol. The molecule has 10 atom stereocenters. The van der Waals surface area contributed by atoms with Crippen LogP contribution in [0.1, 0.15) is 92.4 Å². The largest absolute Gasteiger partial charge is 0.324 e. The Labute approximate surface area is 191 Å². The molecule has 0 bridgehead atoms. The summed E-state index contributed by atoms with van der Waals surface area (Å²) in [5, 5.41) is 10.3. The minimum atomic E-state index is -0.270. The van der Waals surface area contributed by atoms with E-state index in [9.17, 15) is 5.26 Å². The van der Waals surface area contributed by atoms with Gasteiger partial charge < -0.3 is 5.73 Å². The van der Waals surface area contributed by atoms with Gasteiger partial charge in [0.2, 0.25) is 0 Å². The highest BCUT2D eigenvalue weighted by atomic mass is 14.9. The van der Waals surface area contributed by atoms with Crippen molar-refractivity contribution < 1.29 is 0 Å². The quantitative estimate of drug-likeness (QED) is 0.484. The number of nitrogens with zero attached hydrogens (tertiary/aromatic N) is 1. The van der Waals surface area contributed by atoms with E-state index in [1.165, 1.54) is 49.7 Å². The Bertz CT molecular complexity index is 791. The standard InChI is InChI=1S/C29H46N2/c1-18(2)8-9-20(4)24-10-11-25-26-22(17-30)15-23-14-19(3)12-13-27(23,6)29(26,31)16-21(5)28(24,25)7/h19-20,22-26H,1,5,8-16,31H2,2-4,6-7H3/t19-,20-,22-,23+,24-,25?,26+,27+,28-,29-/m1/s1. The van der Waals surface area contributed by atoms with Crippen molar-refractivity contribution in [3.05, 3.63) is 24.3 Å². The van der Waals surface area contributed by atoms with Gasteiger partial charge in [-0.1, -0.05) is 51.8 Å². The predicted octanol–water partition coefficient (Wildman–Crippen LogP) is 7.27. The topological polar surface area (TPSA) is 49.8 Å². The lowest BCUT2D eigenvalue weighted by atomic mass is 9.38. The van der Waals surface area contributed by atoms with Gasteiger partial charge in [-0.2, -0.15) is 5.26 Å². The van der Waals surface area contributed by atoms with E-state index in [2.05, 4.69) is 47.3 Å². The summed E-state index contributed by atoms with van der Waals surface area (Å²) in [7, 11) is 0. The van der Waals surface area contributed by atoms with Crippen LogP contribution >= 0.6 is 0 Å². The van der Waals surface area contributed by atoms with Gasteiger partial charge in [-0.15, -0.1) is 6.58 Å². The van der Waals surface area contributed by atoms with E-state index in [1.807, 2.05) is 0 Å². The SMILES string of the molecule is C=C(C)CC[C@@H](C)[C@H]1CCC2[C@@H]3[C@@H](C#N)C[C@@H]4C[C@H](C)CC[C@]4(C)[C@@]3(N)CC(=C)[C@@]21C. The van der Waals surface area contributed by atoms with E-state index in [1.54, 1.807) is 0 Å². The Balaban J connectivity index is 1.71. The van der Waals surface area contributed by atoms with Crippen LogP contribution in [-0.2, 0) is 0 Å². The fraction of sp³-hybridized carbons (Fsp3) is 0.828. The van der Waals surface area contributed by atoms with Crippen LogP contribution in [0.2, 0.25) is 0 Å². The Morgan fingerprint density at radius 2 is 1.97 bits per heavy atom. The highest BCUT2D eigenvalue weighted by Crippen LogP contribution is 2.71. The van der Waals surface area contributed by atoms with Gasteiger partial charge >= 0.3 is 0 Å². The van der Waals surface area contributed by atoms with Crippen molar-refractivity contribution in [2.75, 3.05) is 0 Å². The fourth-order valence-corrected chi connectivity index (χ4v) is 9.27. The van der Waals surface area contributed by atoms with Crippen LogP contribution in [0.4, 0.5) is 0 Å². The highest BCUT2D eigenvalue weighted by Gasteiger charge is 2.69. The summed E-state index contributed by atoms with van der Waals surface area (Å²) in [6.07, 6.45) is 10.6. The molecular weight excluding hydrogens is 376 g/mol. The zero-order chi connectivity index (χ0) is 22.8. The van der Waals surface area contributed by atoms with Gasteiger partial charge in [0.05, 0.1) is 12.0 Å². The number of rotatable bonds is 4. The number of hydrogen-bond donors (Lipinski definition) is 1. The molecule has 172 valence electrons. The summed E-state index contributed by atoms with van der Waals surface area (Å²) in [5.41, 5.74) is 10.3. The molecule has 2 nitrogen and oxygen atoms in total. The summed E-state index contributed by atoms with van der Waals surface area (Å²) < 4.78 is 0. The van der Waals surface area contributed by atoms with Crippen molar-refractivity contribution in [3.8, 4) is 6.07 Å². The summed E-state index contributed by atoms with van der Waals surface area (Å²) in [5.74, 6) is 3.61. The van der Waals surface area contributed by atoms with E-state index in [0.29, 0.717) is 29.6 Å².